The molecular formula is C17H30N4. The van der Waals surface area contributed by atoms with Crippen molar-refractivity contribution in [1.82, 2.24) is 20.0 Å². The van der Waals surface area contributed by atoms with Crippen LogP contribution in [0.25, 0.3) is 0 Å². The minimum atomic E-state index is 0.411. The molecule has 0 aromatic carbocycles. The van der Waals surface area contributed by atoms with Gasteiger partial charge in [-0.15, -0.1) is 0 Å². The number of nitrogens with zero attached hydrogens (tertiary/aromatic N) is 3. The van der Waals surface area contributed by atoms with Crippen molar-refractivity contribution in [3.63, 3.8) is 0 Å². The number of rotatable bonds is 5. The molecule has 2 heterocycles. The van der Waals surface area contributed by atoms with E-state index in [9.17, 15) is 0 Å². The van der Waals surface area contributed by atoms with Gasteiger partial charge in [0.1, 0.15) is 0 Å². The van der Waals surface area contributed by atoms with Crippen LogP contribution in [0.15, 0.2) is 18.5 Å². The van der Waals surface area contributed by atoms with E-state index in [1.807, 2.05) is 12.3 Å². The van der Waals surface area contributed by atoms with Crippen LogP contribution < -0.4 is 5.32 Å². The summed E-state index contributed by atoms with van der Waals surface area (Å²) in [5.74, 6) is 0.758. The molecule has 21 heavy (non-hydrogen) atoms. The van der Waals surface area contributed by atoms with Crippen LogP contribution in [0.4, 0.5) is 0 Å². The molecule has 4 nitrogen and oxygen atoms in total. The standard InChI is InChI=1S/C17H30N4/c1-3-15(2)16-13-18-17(7-4-5-8-17)14-20(16)11-12-21-10-6-9-19-21/h6,9-10,15-16,18H,3-5,7-8,11-14H2,1-2H3. The van der Waals surface area contributed by atoms with Gasteiger partial charge in [-0.05, 0) is 24.8 Å². The Labute approximate surface area is 128 Å². The van der Waals surface area contributed by atoms with Gasteiger partial charge in [-0.25, -0.2) is 0 Å². The van der Waals surface area contributed by atoms with Gasteiger partial charge in [0.05, 0.1) is 6.54 Å². The van der Waals surface area contributed by atoms with Gasteiger partial charge in [0.15, 0.2) is 0 Å². The molecular weight excluding hydrogens is 260 g/mol. The third-order valence-corrected chi connectivity index (χ3v) is 5.70. The van der Waals surface area contributed by atoms with Crippen LogP contribution in [-0.4, -0.2) is 45.9 Å². The summed E-state index contributed by atoms with van der Waals surface area (Å²) in [6, 6.07) is 2.69. The highest BCUT2D eigenvalue weighted by atomic mass is 15.3. The second-order valence-electron chi connectivity index (χ2n) is 7.06. The molecule has 2 aliphatic rings. The Balaban J connectivity index is 1.66. The number of hydrogen-bond donors (Lipinski definition) is 1. The Hall–Kier alpha value is -0.870. The predicted octanol–water partition coefficient (Wildman–Crippen LogP) is 2.52. The zero-order valence-electron chi connectivity index (χ0n) is 13.6. The van der Waals surface area contributed by atoms with Crippen LogP contribution in [0.5, 0.6) is 0 Å². The Morgan fingerprint density at radius 3 is 2.81 bits per heavy atom. The van der Waals surface area contributed by atoms with Gasteiger partial charge in [0.25, 0.3) is 0 Å². The number of hydrogen-bond acceptors (Lipinski definition) is 3. The molecule has 1 spiro atoms. The molecule has 0 amide bonds. The fraction of sp³-hybridized carbons (Fsp3) is 0.824. The molecule has 1 aliphatic heterocycles. The average molecular weight is 290 g/mol. The third kappa shape index (κ3) is 3.32. The highest BCUT2D eigenvalue weighted by molar-refractivity contribution is 5.01. The molecule has 2 atom stereocenters. The lowest BCUT2D eigenvalue weighted by molar-refractivity contribution is 0.0484. The molecule has 1 aromatic rings. The maximum Gasteiger partial charge on any atom is 0.0536 e. The van der Waals surface area contributed by atoms with E-state index in [2.05, 4.69) is 40.0 Å². The first-order chi connectivity index (χ1) is 10.2. The van der Waals surface area contributed by atoms with E-state index in [1.165, 1.54) is 38.6 Å². The van der Waals surface area contributed by atoms with Gasteiger partial charge in [0.2, 0.25) is 0 Å². The Morgan fingerprint density at radius 1 is 1.33 bits per heavy atom. The van der Waals surface area contributed by atoms with Crippen molar-refractivity contribution in [1.29, 1.82) is 0 Å². The molecule has 2 unspecified atom stereocenters. The Morgan fingerprint density at radius 2 is 2.14 bits per heavy atom. The first-order valence-corrected chi connectivity index (χ1v) is 8.69. The number of aromatic nitrogens is 2. The lowest BCUT2D eigenvalue weighted by atomic mass is 9.87. The predicted molar refractivity (Wildman–Crippen MR) is 86.2 cm³/mol. The van der Waals surface area contributed by atoms with Crippen molar-refractivity contribution >= 4 is 0 Å². The third-order valence-electron chi connectivity index (χ3n) is 5.70. The summed E-state index contributed by atoms with van der Waals surface area (Å²) >= 11 is 0. The van der Waals surface area contributed by atoms with Gasteiger partial charge >= 0.3 is 0 Å². The molecule has 0 bridgehead atoms. The quantitative estimate of drug-likeness (QED) is 0.904. The Bertz CT molecular complexity index is 422. The number of nitrogens with one attached hydrogen (secondary N) is 1. The van der Waals surface area contributed by atoms with E-state index in [0.717, 1.165) is 25.6 Å². The summed E-state index contributed by atoms with van der Waals surface area (Å²) in [6.07, 6.45) is 10.7. The van der Waals surface area contributed by atoms with E-state index >= 15 is 0 Å². The van der Waals surface area contributed by atoms with Crippen LogP contribution in [0.1, 0.15) is 46.0 Å². The monoisotopic (exact) mass is 290 g/mol. The normalized spacial score (nSPS) is 27.2. The van der Waals surface area contributed by atoms with Gasteiger partial charge in [0, 0.05) is 43.6 Å². The summed E-state index contributed by atoms with van der Waals surface area (Å²) in [4.78, 5) is 2.75. The van der Waals surface area contributed by atoms with Crippen molar-refractivity contribution in [2.45, 2.75) is 64.1 Å². The SMILES string of the molecule is CCC(C)C1CNC2(CCCC2)CN1CCn1cccn1. The summed E-state index contributed by atoms with van der Waals surface area (Å²) < 4.78 is 2.07. The van der Waals surface area contributed by atoms with Gasteiger partial charge < -0.3 is 5.32 Å². The lowest BCUT2D eigenvalue weighted by Crippen LogP contribution is -2.64. The molecule has 3 rings (SSSR count). The van der Waals surface area contributed by atoms with Crippen molar-refractivity contribution in [2.75, 3.05) is 19.6 Å². The smallest absolute Gasteiger partial charge is 0.0536 e. The highest BCUT2D eigenvalue weighted by Gasteiger charge is 2.41. The average Bonchev–Trinajstić information content (AvgIpc) is 3.17. The number of piperazine rings is 1. The van der Waals surface area contributed by atoms with Crippen LogP contribution in [-0.2, 0) is 6.54 Å². The summed E-state index contributed by atoms with van der Waals surface area (Å²) in [6.45, 7) is 9.24. The maximum absolute atomic E-state index is 4.35. The van der Waals surface area contributed by atoms with Gasteiger partial charge in [-0.1, -0.05) is 33.1 Å². The fourth-order valence-electron chi connectivity index (χ4n) is 4.14. The highest BCUT2D eigenvalue weighted by Crippen LogP contribution is 2.34. The second-order valence-corrected chi connectivity index (χ2v) is 7.06. The summed E-state index contributed by atoms with van der Waals surface area (Å²) in [7, 11) is 0. The molecule has 2 fully saturated rings. The first-order valence-electron chi connectivity index (χ1n) is 8.69. The van der Waals surface area contributed by atoms with Crippen LogP contribution in [0, 0.1) is 5.92 Å². The zero-order valence-corrected chi connectivity index (χ0v) is 13.6. The van der Waals surface area contributed by atoms with E-state index in [-0.39, 0.29) is 0 Å². The first kappa shape index (κ1) is 15.0. The fourth-order valence-corrected chi connectivity index (χ4v) is 4.14. The molecule has 1 aromatic heterocycles. The van der Waals surface area contributed by atoms with Gasteiger partial charge in [-0.2, -0.15) is 5.10 Å². The van der Waals surface area contributed by atoms with E-state index < -0.39 is 0 Å². The van der Waals surface area contributed by atoms with Crippen molar-refractivity contribution in [3.05, 3.63) is 18.5 Å². The van der Waals surface area contributed by atoms with E-state index in [4.69, 9.17) is 0 Å². The summed E-state index contributed by atoms with van der Waals surface area (Å²) in [5, 5.41) is 8.27. The Kier molecular flexibility index (Phi) is 4.65. The van der Waals surface area contributed by atoms with Crippen molar-refractivity contribution in [3.8, 4) is 0 Å². The van der Waals surface area contributed by atoms with Crippen molar-refractivity contribution < 1.29 is 0 Å². The van der Waals surface area contributed by atoms with Gasteiger partial charge in [-0.3, -0.25) is 9.58 Å². The van der Waals surface area contributed by atoms with Crippen LogP contribution in [0.3, 0.4) is 0 Å². The van der Waals surface area contributed by atoms with Crippen LogP contribution in [0.2, 0.25) is 0 Å². The van der Waals surface area contributed by atoms with E-state index in [0.29, 0.717) is 11.6 Å². The maximum atomic E-state index is 4.35. The molecule has 0 radical (unpaired) electrons. The second kappa shape index (κ2) is 6.49. The summed E-state index contributed by atoms with van der Waals surface area (Å²) in [5.41, 5.74) is 0.411. The minimum absolute atomic E-state index is 0.411. The largest absolute Gasteiger partial charge is 0.308 e. The zero-order chi connectivity index (χ0) is 14.7. The molecule has 1 aliphatic carbocycles. The molecule has 4 heteroatoms. The molecule has 118 valence electrons. The van der Waals surface area contributed by atoms with Crippen molar-refractivity contribution in [2.24, 2.45) is 5.92 Å². The lowest BCUT2D eigenvalue weighted by Gasteiger charge is -2.48. The molecule has 1 N–H and O–H groups in total. The molecule has 1 saturated carbocycles. The minimum Gasteiger partial charge on any atom is -0.308 e. The molecule has 1 saturated heterocycles. The topological polar surface area (TPSA) is 33.1 Å². The van der Waals surface area contributed by atoms with Crippen LogP contribution >= 0.6 is 0 Å². The van der Waals surface area contributed by atoms with E-state index in [1.54, 1.807) is 0 Å².